The number of fused-ring (bicyclic) bond motifs is 1. The largest absolute Gasteiger partial charge is 0.504 e. The van der Waals surface area contributed by atoms with E-state index in [4.69, 9.17) is 4.74 Å². The second-order valence-corrected chi connectivity index (χ2v) is 8.47. The van der Waals surface area contributed by atoms with Gasteiger partial charge >= 0.3 is 0 Å². The summed E-state index contributed by atoms with van der Waals surface area (Å²) in [6.45, 7) is 2.04. The van der Waals surface area contributed by atoms with E-state index >= 15 is 0 Å². The molecule has 1 aromatic heterocycles. The lowest BCUT2D eigenvalue weighted by molar-refractivity contribution is -0.116. The summed E-state index contributed by atoms with van der Waals surface area (Å²) in [5.74, 6) is 0.757. The van der Waals surface area contributed by atoms with Crippen molar-refractivity contribution in [3.8, 4) is 11.5 Å². The Bertz CT molecular complexity index is 1200. The minimum absolute atomic E-state index is 0.000570. The van der Waals surface area contributed by atoms with Gasteiger partial charge < -0.3 is 19.7 Å². The third-order valence-corrected chi connectivity index (χ3v) is 6.50. The van der Waals surface area contributed by atoms with Crippen LogP contribution in [0.1, 0.15) is 34.6 Å². The van der Waals surface area contributed by atoms with E-state index in [1.54, 1.807) is 23.7 Å². The van der Waals surface area contributed by atoms with Crippen LogP contribution in [-0.4, -0.2) is 27.7 Å². The van der Waals surface area contributed by atoms with Crippen LogP contribution in [0.2, 0.25) is 0 Å². The number of phenolic OH excluding ortho intramolecular Hbond substituents is 1. The van der Waals surface area contributed by atoms with Crippen LogP contribution >= 0.6 is 11.8 Å². The number of hydrogen-bond acceptors (Lipinski definition) is 6. The van der Waals surface area contributed by atoms with Gasteiger partial charge in [-0.25, -0.2) is 0 Å². The number of nitrogens with zero attached hydrogens (tertiary/aromatic N) is 2. The topological polar surface area (TPSA) is 93.5 Å². The summed E-state index contributed by atoms with van der Waals surface area (Å²) >= 11 is 1.45. The molecule has 31 heavy (non-hydrogen) atoms. The molecule has 160 valence electrons. The van der Waals surface area contributed by atoms with Crippen molar-refractivity contribution < 1.29 is 14.6 Å². The van der Waals surface area contributed by atoms with Crippen LogP contribution in [0.3, 0.4) is 0 Å². The fourth-order valence-corrected chi connectivity index (χ4v) is 4.61. The molecule has 0 aliphatic carbocycles. The molecule has 7 nitrogen and oxygen atoms in total. The highest BCUT2D eigenvalue weighted by molar-refractivity contribution is 7.98. The zero-order valence-electron chi connectivity index (χ0n) is 17.5. The van der Waals surface area contributed by atoms with E-state index in [0.717, 1.165) is 5.56 Å². The molecule has 4 rings (SSSR count). The number of carbonyl (C=O) groups is 1. The normalized spacial score (nSPS) is 15.3. The molecule has 1 amide bonds. The number of phenols is 1. The molecule has 0 saturated heterocycles. The minimum Gasteiger partial charge on any atom is -0.504 e. The number of anilines is 1. The monoisotopic (exact) mass is 437 g/mol. The van der Waals surface area contributed by atoms with Crippen LogP contribution in [0.25, 0.3) is 0 Å². The number of nitrogens with one attached hydrogen (secondary N) is 1. The first kappa shape index (κ1) is 21.0. The summed E-state index contributed by atoms with van der Waals surface area (Å²) in [4.78, 5) is 29.8. The Hall–Kier alpha value is -3.26. The second-order valence-electron chi connectivity index (χ2n) is 7.53. The van der Waals surface area contributed by atoms with Crippen LogP contribution in [0.15, 0.2) is 52.4 Å². The maximum absolute atomic E-state index is 13.0. The Balaban J connectivity index is 1.71. The number of benzene rings is 2. The predicted molar refractivity (Wildman–Crippen MR) is 120 cm³/mol. The Kier molecular flexibility index (Phi) is 5.73. The van der Waals surface area contributed by atoms with Gasteiger partial charge in [-0.05, 0) is 30.2 Å². The number of rotatable bonds is 5. The van der Waals surface area contributed by atoms with Crippen LogP contribution < -0.4 is 15.6 Å². The Labute approximate surface area is 184 Å². The molecule has 1 atom stereocenters. The van der Waals surface area contributed by atoms with Crippen molar-refractivity contribution in [3.63, 3.8) is 0 Å². The summed E-state index contributed by atoms with van der Waals surface area (Å²) in [6.07, 6.45) is 0.119. The first-order valence-corrected chi connectivity index (χ1v) is 10.8. The molecule has 0 unspecified atom stereocenters. The molecule has 1 aliphatic heterocycles. The van der Waals surface area contributed by atoms with Crippen molar-refractivity contribution in [2.45, 2.75) is 30.2 Å². The third-order valence-electron chi connectivity index (χ3n) is 5.40. The first-order chi connectivity index (χ1) is 14.9. The number of aryl methyl sites for hydroxylation is 1. The smallest absolute Gasteiger partial charge is 0.279 e. The number of hydrogen-bond donors (Lipinski definition) is 2. The number of aromatic hydroxyl groups is 1. The average molecular weight is 438 g/mol. The fourth-order valence-electron chi connectivity index (χ4n) is 3.69. The van der Waals surface area contributed by atoms with Crippen molar-refractivity contribution in [1.29, 1.82) is 0 Å². The van der Waals surface area contributed by atoms with Gasteiger partial charge in [-0.3, -0.25) is 9.59 Å². The average Bonchev–Trinajstić information content (AvgIpc) is 2.76. The van der Waals surface area contributed by atoms with Crippen molar-refractivity contribution in [3.05, 3.63) is 75.1 Å². The van der Waals surface area contributed by atoms with Gasteiger partial charge in [0.25, 0.3) is 5.56 Å². The van der Waals surface area contributed by atoms with Crippen molar-refractivity contribution >= 4 is 23.5 Å². The molecular formula is C23H23N3O4S. The number of aromatic nitrogens is 2. The van der Waals surface area contributed by atoms with Crippen LogP contribution in [0.5, 0.6) is 11.5 Å². The lowest BCUT2D eigenvalue weighted by Crippen LogP contribution is -2.33. The summed E-state index contributed by atoms with van der Waals surface area (Å²) in [6, 6.07) is 13.1. The van der Waals surface area contributed by atoms with Gasteiger partial charge in [0.15, 0.2) is 16.7 Å². The van der Waals surface area contributed by atoms with Gasteiger partial charge in [0.2, 0.25) is 5.91 Å². The molecule has 1 aliphatic rings. The maximum atomic E-state index is 13.0. The minimum atomic E-state index is -0.472. The SMILES string of the molecule is COc1cc([C@@H]2CC(=O)Nc3c2c(=O)nc(SCc2ccc(C)cc2)n3C)ccc1O. The van der Waals surface area contributed by atoms with Gasteiger partial charge in [0, 0.05) is 25.1 Å². The number of carbonyl (C=O) groups excluding carboxylic acids is 1. The van der Waals surface area contributed by atoms with E-state index in [1.807, 2.05) is 19.1 Å². The van der Waals surface area contributed by atoms with Gasteiger partial charge in [-0.15, -0.1) is 0 Å². The third kappa shape index (κ3) is 4.16. The number of thioether (sulfide) groups is 1. The zero-order valence-corrected chi connectivity index (χ0v) is 18.3. The van der Waals surface area contributed by atoms with Crippen LogP contribution in [0, 0.1) is 6.92 Å². The number of ether oxygens (including phenoxy) is 1. The van der Waals surface area contributed by atoms with Gasteiger partial charge in [-0.2, -0.15) is 4.98 Å². The summed E-state index contributed by atoms with van der Waals surface area (Å²) in [5, 5.41) is 13.3. The molecule has 2 aromatic carbocycles. The molecule has 0 spiro atoms. The van der Waals surface area contributed by atoms with E-state index < -0.39 is 5.92 Å². The number of methoxy groups -OCH3 is 1. The molecule has 0 saturated carbocycles. The van der Waals surface area contributed by atoms with Crippen molar-refractivity contribution in [2.24, 2.45) is 7.05 Å². The zero-order chi connectivity index (χ0) is 22.1. The summed E-state index contributed by atoms with van der Waals surface area (Å²) in [7, 11) is 3.25. The van der Waals surface area contributed by atoms with Crippen LogP contribution in [-0.2, 0) is 17.6 Å². The Morgan fingerprint density at radius 3 is 2.68 bits per heavy atom. The fraction of sp³-hybridized carbons (Fsp3) is 0.261. The van der Waals surface area contributed by atoms with Gasteiger partial charge in [-0.1, -0.05) is 47.7 Å². The lowest BCUT2D eigenvalue weighted by Gasteiger charge is -2.27. The Morgan fingerprint density at radius 2 is 1.97 bits per heavy atom. The first-order valence-electron chi connectivity index (χ1n) is 9.83. The van der Waals surface area contributed by atoms with E-state index in [2.05, 4.69) is 22.4 Å². The lowest BCUT2D eigenvalue weighted by atomic mass is 9.86. The van der Waals surface area contributed by atoms with Crippen LogP contribution in [0.4, 0.5) is 5.82 Å². The van der Waals surface area contributed by atoms with Crippen molar-refractivity contribution in [1.82, 2.24) is 9.55 Å². The standard InChI is InChI=1S/C23H23N3O4S/c1-13-4-6-14(7-5-13)12-31-23-25-22(29)20-16(11-19(28)24-21(20)26(23)2)15-8-9-17(27)18(10-15)30-3/h4-10,16,27H,11-12H2,1-3H3,(H,24,28)/t16-/m0/s1. The second kappa shape index (κ2) is 8.47. The van der Waals surface area contributed by atoms with E-state index in [9.17, 15) is 14.7 Å². The number of amides is 1. The molecule has 0 radical (unpaired) electrons. The molecular weight excluding hydrogens is 414 g/mol. The van der Waals surface area contributed by atoms with Crippen molar-refractivity contribution in [2.75, 3.05) is 12.4 Å². The highest BCUT2D eigenvalue weighted by Gasteiger charge is 2.32. The summed E-state index contributed by atoms with van der Waals surface area (Å²) in [5.41, 5.74) is 3.10. The van der Waals surface area contributed by atoms with E-state index in [-0.39, 0.29) is 23.6 Å². The summed E-state index contributed by atoms with van der Waals surface area (Å²) < 4.78 is 6.95. The van der Waals surface area contributed by atoms with E-state index in [1.165, 1.54) is 30.5 Å². The molecule has 2 N–H and O–H groups in total. The maximum Gasteiger partial charge on any atom is 0.279 e. The predicted octanol–water partition coefficient (Wildman–Crippen LogP) is 3.57. The molecule has 0 bridgehead atoms. The highest BCUT2D eigenvalue weighted by atomic mass is 32.2. The quantitative estimate of drug-likeness (QED) is 0.468. The highest BCUT2D eigenvalue weighted by Crippen LogP contribution is 2.39. The van der Waals surface area contributed by atoms with Gasteiger partial charge in [0.1, 0.15) is 5.82 Å². The van der Waals surface area contributed by atoms with E-state index in [0.29, 0.717) is 33.6 Å². The molecule has 0 fully saturated rings. The Morgan fingerprint density at radius 1 is 1.23 bits per heavy atom. The van der Waals surface area contributed by atoms with Gasteiger partial charge in [0.05, 0.1) is 12.7 Å². The molecule has 2 heterocycles. The molecule has 8 heteroatoms. The molecule has 3 aromatic rings.